The first-order valence-corrected chi connectivity index (χ1v) is 4.04. The Hall–Kier alpha value is -0.200. The molecule has 0 spiro atoms. The Kier molecular flexibility index (Phi) is 6.23. The van der Waals surface area contributed by atoms with Crippen LogP contribution in [0.15, 0.2) is 5.16 Å². The molecule has 1 rings (SSSR count). The van der Waals surface area contributed by atoms with E-state index in [9.17, 15) is 0 Å². The van der Waals surface area contributed by atoms with Crippen LogP contribution in [-0.2, 0) is 4.84 Å². The van der Waals surface area contributed by atoms with Gasteiger partial charge in [-0.25, -0.2) is 0 Å². The van der Waals surface area contributed by atoms with E-state index in [1.165, 1.54) is 19.3 Å². The molecule has 0 bridgehead atoms. The van der Waals surface area contributed by atoms with Gasteiger partial charge in [-0.1, -0.05) is 6.42 Å². The van der Waals surface area contributed by atoms with Crippen LogP contribution in [0.1, 0.15) is 32.1 Å². The smallest absolute Gasteiger partial charge is 0.228 e. The largest absolute Gasteiger partial charge is 0.390 e. The quantitative estimate of drug-likeness (QED) is 0.346. The lowest BCUT2D eigenvalue weighted by Gasteiger charge is -2.18. The summed E-state index contributed by atoms with van der Waals surface area (Å²) < 4.78 is 0. The highest BCUT2D eigenvalue weighted by Crippen LogP contribution is 2.20. The van der Waals surface area contributed by atoms with Crippen LogP contribution in [0, 0.1) is 0 Å². The van der Waals surface area contributed by atoms with Crippen molar-refractivity contribution >= 4 is 29.9 Å². The molecule has 0 atom stereocenters. The second kappa shape index (κ2) is 6.33. The first-order valence-electron chi connectivity index (χ1n) is 4.04. The van der Waals surface area contributed by atoms with Gasteiger partial charge in [-0.3, -0.25) is 0 Å². The van der Waals surface area contributed by atoms with E-state index in [4.69, 9.17) is 16.3 Å². The van der Waals surface area contributed by atoms with Crippen molar-refractivity contribution in [1.29, 1.82) is 0 Å². The third-order valence-corrected chi connectivity index (χ3v) is 1.86. The molecule has 0 amide bonds. The predicted octanol–water partition coefficient (Wildman–Crippen LogP) is 1.14. The van der Waals surface area contributed by atoms with E-state index in [-0.39, 0.29) is 36.0 Å². The fourth-order valence-corrected chi connectivity index (χ4v) is 1.31. The molecule has 5 heteroatoms. The van der Waals surface area contributed by atoms with Crippen LogP contribution in [0.4, 0.5) is 0 Å². The van der Waals surface area contributed by atoms with Gasteiger partial charge in [0.1, 0.15) is 6.10 Å². The minimum absolute atomic E-state index is 0. The van der Waals surface area contributed by atoms with E-state index < -0.39 is 0 Å². The third-order valence-electron chi connectivity index (χ3n) is 1.86. The van der Waals surface area contributed by atoms with E-state index in [1.807, 2.05) is 0 Å². The number of halogens is 1. The van der Waals surface area contributed by atoms with Gasteiger partial charge < -0.3 is 16.3 Å². The molecule has 0 heterocycles. The molecule has 1 saturated carbocycles. The molecule has 1 aliphatic carbocycles. The first-order chi connectivity index (χ1) is 5.29. The van der Waals surface area contributed by atoms with Crippen LogP contribution in [0.2, 0.25) is 0 Å². The second-order valence-electron chi connectivity index (χ2n) is 2.88. The highest BCUT2D eigenvalue weighted by atomic mass is 127. The number of rotatable bonds is 2. The molecule has 0 radical (unpaired) electrons. The molecule has 1 fully saturated rings. The van der Waals surface area contributed by atoms with Crippen molar-refractivity contribution < 1.29 is 4.84 Å². The maximum atomic E-state index is 5.11. The topological polar surface area (TPSA) is 73.6 Å². The van der Waals surface area contributed by atoms with E-state index in [0.717, 1.165) is 12.8 Å². The van der Waals surface area contributed by atoms with Gasteiger partial charge in [-0.05, 0) is 30.8 Å². The summed E-state index contributed by atoms with van der Waals surface area (Å²) in [4.78, 5) is 5.08. The summed E-state index contributed by atoms with van der Waals surface area (Å²) in [5, 5.41) is 3.52. The Balaban J connectivity index is 0.00000121. The van der Waals surface area contributed by atoms with Crippen molar-refractivity contribution in [2.45, 2.75) is 38.2 Å². The van der Waals surface area contributed by atoms with Gasteiger partial charge in [-0.2, -0.15) is 0 Å². The molecule has 0 saturated heterocycles. The summed E-state index contributed by atoms with van der Waals surface area (Å²) in [6, 6.07) is 0. The SMILES string of the molecule is I.NC(N)=NOC1CCCCC1. The van der Waals surface area contributed by atoms with Gasteiger partial charge in [0.15, 0.2) is 0 Å². The van der Waals surface area contributed by atoms with Gasteiger partial charge in [-0.15, -0.1) is 24.0 Å². The Morgan fingerprint density at radius 1 is 1.17 bits per heavy atom. The average Bonchev–Trinajstić information content (AvgIpc) is 2.03. The van der Waals surface area contributed by atoms with E-state index in [1.54, 1.807) is 0 Å². The van der Waals surface area contributed by atoms with E-state index >= 15 is 0 Å². The zero-order chi connectivity index (χ0) is 8.10. The zero-order valence-corrected chi connectivity index (χ0v) is 9.36. The Morgan fingerprint density at radius 3 is 2.25 bits per heavy atom. The van der Waals surface area contributed by atoms with Crippen molar-refractivity contribution in [2.75, 3.05) is 0 Å². The summed E-state index contributed by atoms with van der Waals surface area (Å²) in [5.41, 5.74) is 10.2. The maximum absolute atomic E-state index is 5.11. The van der Waals surface area contributed by atoms with Gasteiger partial charge in [0.2, 0.25) is 5.96 Å². The van der Waals surface area contributed by atoms with E-state index in [0.29, 0.717) is 0 Å². The van der Waals surface area contributed by atoms with Crippen molar-refractivity contribution in [3.05, 3.63) is 0 Å². The molecule has 12 heavy (non-hydrogen) atoms. The minimum atomic E-state index is 0. The molecule has 0 aromatic heterocycles. The highest BCUT2D eigenvalue weighted by Gasteiger charge is 2.13. The van der Waals surface area contributed by atoms with Crippen LogP contribution >= 0.6 is 24.0 Å². The summed E-state index contributed by atoms with van der Waals surface area (Å²) in [5.74, 6) is 0.00979. The van der Waals surface area contributed by atoms with Crippen molar-refractivity contribution in [2.24, 2.45) is 16.6 Å². The summed E-state index contributed by atoms with van der Waals surface area (Å²) in [6.07, 6.45) is 6.16. The summed E-state index contributed by atoms with van der Waals surface area (Å²) >= 11 is 0. The fraction of sp³-hybridized carbons (Fsp3) is 0.857. The normalized spacial score (nSPS) is 17.7. The predicted molar refractivity (Wildman–Crippen MR) is 59.2 cm³/mol. The summed E-state index contributed by atoms with van der Waals surface area (Å²) in [7, 11) is 0. The van der Waals surface area contributed by atoms with Crippen molar-refractivity contribution in [3.8, 4) is 0 Å². The number of hydrogen-bond acceptors (Lipinski definition) is 2. The molecule has 1 aliphatic rings. The molecule has 4 N–H and O–H groups in total. The van der Waals surface area contributed by atoms with Crippen molar-refractivity contribution in [1.82, 2.24) is 0 Å². The van der Waals surface area contributed by atoms with Crippen LogP contribution < -0.4 is 11.5 Å². The maximum Gasteiger partial charge on any atom is 0.228 e. The Labute approximate surface area is 89.7 Å². The molecule has 72 valence electrons. The number of oxime groups is 1. The number of nitrogens with two attached hydrogens (primary N) is 2. The highest BCUT2D eigenvalue weighted by molar-refractivity contribution is 14.0. The van der Waals surface area contributed by atoms with Gasteiger partial charge in [0.25, 0.3) is 0 Å². The molecule has 0 unspecified atom stereocenters. The van der Waals surface area contributed by atoms with Gasteiger partial charge >= 0.3 is 0 Å². The van der Waals surface area contributed by atoms with Crippen LogP contribution in [0.25, 0.3) is 0 Å². The molecule has 0 aromatic carbocycles. The lowest BCUT2D eigenvalue weighted by molar-refractivity contribution is 0.0325. The summed E-state index contributed by atoms with van der Waals surface area (Å²) in [6.45, 7) is 0. The lowest BCUT2D eigenvalue weighted by Crippen LogP contribution is -2.24. The number of hydrogen-bond donors (Lipinski definition) is 2. The van der Waals surface area contributed by atoms with Crippen molar-refractivity contribution in [3.63, 3.8) is 0 Å². The standard InChI is InChI=1S/C7H15N3O.HI/c8-7(9)10-11-6-4-2-1-3-5-6;/h6H,1-5H2,(H4,8,9,10);1H. The molecule has 4 nitrogen and oxygen atoms in total. The van der Waals surface area contributed by atoms with E-state index in [2.05, 4.69) is 5.16 Å². The van der Waals surface area contributed by atoms with Crippen LogP contribution in [-0.4, -0.2) is 12.1 Å². The zero-order valence-electron chi connectivity index (χ0n) is 7.03. The average molecular weight is 285 g/mol. The molecular weight excluding hydrogens is 269 g/mol. The monoisotopic (exact) mass is 285 g/mol. The van der Waals surface area contributed by atoms with Crippen LogP contribution in [0.3, 0.4) is 0 Å². The number of guanidine groups is 1. The minimum Gasteiger partial charge on any atom is -0.390 e. The van der Waals surface area contributed by atoms with Crippen LogP contribution in [0.5, 0.6) is 0 Å². The number of nitrogens with zero attached hydrogens (tertiary/aromatic N) is 1. The molecule has 0 aliphatic heterocycles. The fourth-order valence-electron chi connectivity index (χ4n) is 1.31. The van der Waals surface area contributed by atoms with Gasteiger partial charge in [0.05, 0.1) is 0 Å². The lowest BCUT2D eigenvalue weighted by atomic mass is 9.98. The van der Waals surface area contributed by atoms with Gasteiger partial charge in [0, 0.05) is 0 Å². The first kappa shape index (κ1) is 11.8. The second-order valence-corrected chi connectivity index (χ2v) is 2.88. The Morgan fingerprint density at radius 2 is 1.75 bits per heavy atom. The Bertz CT molecular complexity index is 142. The molecular formula is C7H16IN3O. The molecule has 0 aromatic rings. The third kappa shape index (κ3) is 4.63.